The van der Waals surface area contributed by atoms with Crippen LogP contribution >= 0.6 is 0 Å². The summed E-state index contributed by atoms with van der Waals surface area (Å²) < 4.78 is 7.07. The molecule has 0 bridgehead atoms. The van der Waals surface area contributed by atoms with Crippen molar-refractivity contribution >= 4 is 0 Å². The van der Waals surface area contributed by atoms with Gasteiger partial charge in [-0.15, -0.1) is 0 Å². The highest BCUT2D eigenvalue weighted by Gasteiger charge is 2.13. The molecule has 4 heteroatoms. The van der Waals surface area contributed by atoms with Crippen LogP contribution in [0.5, 0.6) is 5.75 Å². The van der Waals surface area contributed by atoms with E-state index in [2.05, 4.69) is 36.4 Å². The molecule has 0 aliphatic heterocycles. The number of ether oxygens (including phenoxy) is 1. The standard InChI is InChI=1S/C15H21N3O/c1-11(13-5-7-14(19-4)8-6-13)17-12(2)15-9-10-16-18(15)3/h5-12,17H,1-4H3/t11-,12?/m1/s1. The molecule has 2 atom stereocenters. The molecule has 0 saturated carbocycles. The first kappa shape index (κ1) is 13.6. The Labute approximate surface area is 114 Å². The summed E-state index contributed by atoms with van der Waals surface area (Å²) in [6.45, 7) is 4.31. The topological polar surface area (TPSA) is 39.1 Å². The second kappa shape index (κ2) is 5.89. The first-order chi connectivity index (χ1) is 9.11. The fourth-order valence-corrected chi connectivity index (χ4v) is 2.26. The van der Waals surface area contributed by atoms with E-state index in [0.717, 1.165) is 5.75 Å². The molecule has 1 unspecified atom stereocenters. The Bertz CT molecular complexity index is 518. The quantitative estimate of drug-likeness (QED) is 0.897. The molecule has 1 N–H and O–H groups in total. The number of methoxy groups -OCH3 is 1. The number of aromatic nitrogens is 2. The lowest BCUT2D eigenvalue weighted by atomic mass is 10.1. The molecular formula is C15H21N3O. The summed E-state index contributed by atoms with van der Waals surface area (Å²) in [5.41, 5.74) is 2.43. The van der Waals surface area contributed by atoms with E-state index in [1.165, 1.54) is 11.3 Å². The lowest BCUT2D eigenvalue weighted by Crippen LogP contribution is -2.24. The van der Waals surface area contributed by atoms with E-state index in [1.54, 1.807) is 7.11 Å². The SMILES string of the molecule is COc1ccc([C@@H](C)NC(C)c2ccnn2C)cc1. The van der Waals surface area contributed by atoms with Crippen molar-refractivity contribution < 1.29 is 4.74 Å². The van der Waals surface area contributed by atoms with Gasteiger partial charge in [0.25, 0.3) is 0 Å². The maximum atomic E-state index is 5.17. The zero-order chi connectivity index (χ0) is 13.8. The largest absolute Gasteiger partial charge is 0.497 e. The normalized spacial score (nSPS) is 14.1. The van der Waals surface area contributed by atoms with Crippen molar-refractivity contribution in [2.24, 2.45) is 7.05 Å². The van der Waals surface area contributed by atoms with Gasteiger partial charge in [-0.2, -0.15) is 5.10 Å². The smallest absolute Gasteiger partial charge is 0.118 e. The number of nitrogens with zero attached hydrogens (tertiary/aromatic N) is 2. The lowest BCUT2D eigenvalue weighted by molar-refractivity contribution is 0.414. The Morgan fingerprint density at radius 1 is 1.11 bits per heavy atom. The number of benzene rings is 1. The van der Waals surface area contributed by atoms with E-state index in [-0.39, 0.29) is 12.1 Å². The van der Waals surface area contributed by atoms with Crippen LogP contribution in [0.2, 0.25) is 0 Å². The summed E-state index contributed by atoms with van der Waals surface area (Å²) in [6.07, 6.45) is 1.82. The maximum absolute atomic E-state index is 5.17. The first-order valence-corrected chi connectivity index (χ1v) is 6.49. The predicted molar refractivity (Wildman–Crippen MR) is 76.2 cm³/mol. The van der Waals surface area contributed by atoms with E-state index >= 15 is 0 Å². The average molecular weight is 259 g/mol. The molecule has 2 aromatic rings. The fourth-order valence-electron chi connectivity index (χ4n) is 2.26. The fraction of sp³-hybridized carbons (Fsp3) is 0.400. The molecule has 0 saturated heterocycles. The summed E-state index contributed by atoms with van der Waals surface area (Å²) in [5.74, 6) is 0.885. The van der Waals surface area contributed by atoms with Crippen molar-refractivity contribution in [2.45, 2.75) is 25.9 Å². The number of rotatable bonds is 5. The Morgan fingerprint density at radius 3 is 2.32 bits per heavy atom. The lowest BCUT2D eigenvalue weighted by Gasteiger charge is -2.20. The number of hydrogen-bond donors (Lipinski definition) is 1. The van der Waals surface area contributed by atoms with Crippen LogP contribution in [0.25, 0.3) is 0 Å². The second-order valence-electron chi connectivity index (χ2n) is 4.76. The van der Waals surface area contributed by atoms with E-state index in [9.17, 15) is 0 Å². The molecule has 0 aliphatic carbocycles. The molecule has 1 aromatic heterocycles. The molecule has 2 rings (SSSR count). The minimum atomic E-state index is 0.254. The number of aryl methyl sites for hydroxylation is 1. The predicted octanol–water partition coefficient (Wildman–Crippen LogP) is 2.84. The Morgan fingerprint density at radius 2 is 1.79 bits per heavy atom. The highest BCUT2D eigenvalue weighted by atomic mass is 16.5. The molecule has 0 amide bonds. The van der Waals surface area contributed by atoms with Crippen molar-refractivity contribution in [3.8, 4) is 5.75 Å². The van der Waals surface area contributed by atoms with Crippen LogP contribution in [-0.2, 0) is 7.05 Å². The van der Waals surface area contributed by atoms with Gasteiger partial charge in [-0.3, -0.25) is 4.68 Å². The zero-order valence-electron chi connectivity index (χ0n) is 11.9. The molecule has 1 heterocycles. The van der Waals surface area contributed by atoms with Crippen LogP contribution in [0.3, 0.4) is 0 Å². The third-order valence-corrected chi connectivity index (χ3v) is 3.42. The van der Waals surface area contributed by atoms with Crippen LogP contribution in [-0.4, -0.2) is 16.9 Å². The zero-order valence-corrected chi connectivity index (χ0v) is 11.9. The molecule has 102 valence electrons. The van der Waals surface area contributed by atoms with E-state index in [0.29, 0.717) is 0 Å². The van der Waals surface area contributed by atoms with Crippen molar-refractivity contribution in [3.05, 3.63) is 47.8 Å². The Kier molecular flexibility index (Phi) is 4.22. The third kappa shape index (κ3) is 3.15. The van der Waals surface area contributed by atoms with Gasteiger partial charge in [0.1, 0.15) is 5.75 Å². The Balaban J connectivity index is 2.04. The van der Waals surface area contributed by atoms with Gasteiger partial charge in [0.05, 0.1) is 12.8 Å². The van der Waals surface area contributed by atoms with Gasteiger partial charge in [-0.1, -0.05) is 12.1 Å². The number of hydrogen-bond acceptors (Lipinski definition) is 3. The van der Waals surface area contributed by atoms with Gasteiger partial charge in [0, 0.05) is 25.3 Å². The van der Waals surface area contributed by atoms with Crippen molar-refractivity contribution in [1.82, 2.24) is 15.1 Å². The minimum absolute atomic E-state index is 0.254. The average Bonchev–Trinajstić information content (AvgIpc) is 2.85. The number of nitrogens with one attached hydrogen (secondary N) is 1. The van der Waals surface area contributed by atoms with Gasteiger partial charge in [-0.05, 0) is 37.6 Å². The second-order valence-corrected chi connectivity index (χ2v) is 4.76. The molecule has 19 heavy (non-hydrogen) atoms. The Hall–Kier alpha value is -1.81. The minimum Gasteiger partial charge on any atom is -0.497 e. The van der Waals surface area contributed by atoms with E-state index in [4.69, 9.17) is 4.74 Å². The van der Waals surface area contributed by atoms with Gasteiger partial charge in [0.2, 0.25) is 0 Å². The molecular weight excluding hydrogens is 238 g/mol. The highest BCUT2D eigenvalue weighted by molar-refractivity contribution is 5.29. The summed E-state index contributed by atoms with van der Waals surface area (Å²) in [5, 5.41) is 7.78. The van der Waals surface area contributed by atoms with Crippen molar-refractivity contribution in [2.75, 3.05) is 7.11 Å². The van der Waals surface area contributed by atoms with Crippen LogP contribution in [0, 0.1) is 0 Å². The highest BCUT2D eigenvalue weighted by Crippen LogP contribution is 2.21. The van der Waals surface area contributed by atoms with Gasteiger partial charge < -0.3 is 10.1 Å². The summed E-state index contributed by atoms with van der Waals surface area (Å²) in [6, 6.07) is 10.7. The van der Waals surface area contributed by atoms with Crippen LogP contribution in [0.4, 0.5) is 0 Å². The van der Waals surface area contributed by atoms with Crippen LogP contribution in [0.1, 0.15) is 37.2 Å². The first-order valence-electron chi connectivity index (χ1n) is 6.49. The molecule has 0 radical (unpaired) electrons. The van der Waals surface area contributed by atoms with Crippen LogP contribution in [0.15, 0.2) is 36.5 Å². The summed E-state index contributed by atoms with van der Waals surface area (Å²) >= 11 is 0. The molecule has 0 spiro atoms. The van der Waals surface area contributed by atoms with Crippen molar-refractivity contribution in [1.29, 1.82) is 0 Å². The van der Waals surface area contributed by atoms with E-state index < -0.39 is 0 Å². The molecule has 1 aromatic carbocycles. The van der Waals surface area contributed by atoms with E-state index in [1.807, 2.05) is 36.1 Å². The van der Waals surface area contributed by atoms with Gasteiger partial charge in [0.15, 0.2) is 0 Å². The summed E-state index contributed by atoms with van der Waals surface area (Å²) in [4.78, 5) is 0. The molecule has 0 aliphatic rings. The third-order valence-electron chi connectivity index (χ3n) is 3.42. The monoisotopic (exact) mass is 259 g/mol. The van der Waals surface area contributed by atoms with Gasteiger partial charge >= 0.3 is 0 Å². The van der Waals surface area contributed by atoms with Crippen molar-refractivity contribution in [3.63, 3.8) is 0 Å². The molecule has 0 fully saturated rings. The maximum Gasteiger partial charge on any atom is 0.118 e. The van der Waals surface area contributed by atoms with Crippen LogP contribution < -0.4 is 10.1 Å². The summed E-state index contributed by atoms with van der Waals surface area (Å²) in [7, 11) is 3.65. The molecule has 4 nitrogen and oxygen atoms in total. The van der Waals surface area contributed by atoms with Gasteiger partial charge in [-0.25, -0.2) is 0 Å².